The topological polar surface area (TPSA) is 20.2 Å². The minimum atomic E-state index is 0.402. The Morgan fingerprint density at radius 2 is 2.22 bits per heavy atom. The van der Waals surface area contributed by atoms with Gasteiger partial charge in [-0.3, -0.25) is 0 Å². The van der Waals surface area contributed by atoms with Crippen LogP contribution in [-0.2, 0) is 0 Å². The van der Waals surface area contributed by atoms with E-state index in [0.717, 1.165) is 3.92 Å². The first kappa shape index (κ1) is 7.79. The zero-order valence-corrected chi connectivity index (χ0v) is 7.67. The second kappa shape index (κ2) is 3.76. The largest absolute Gasteiger partial charge is 0.396 e. The van der Waals surface area contributed by atoms with Crippen LogP contribution in [0.2, 0.25) is 0 Å². The Hall–Kier alpha value is 0.690. The highest BCUT2D eigenvalue weighted by molar-refractivity contribution is 14.1. The van der Waals surface area contributed by atoms with Gasteiger partial charge in [0.2, 0.25) is 0 Å². The second-order valence-electron chi connectivity index (χ2n) is 2.81. The van der Waals surface area contributed by atoms with Gasteiger partial charge < -0.3 is 5.11 Å². The van der Waals surface area contributed by atoms with Gasteiger partial charge in [0, 0.05) is 10.5 Å². The quantitative estimate of drug-likeness (QED) is 0.548. The molecule has 1 saturated carbocycles. The lowest BCUT2D eigenvalue weighted by atomic mass is 9.90. The first-order chi connectivity index (χ1) is 4.33. The Morgan fingerprint density at radius 1 is 1.44 bits per heavy atom. The highest BCUT2D eigenvalue weighted by Crippen LogP contribution is 2.28. The van der Waals surface area contributed by atoms with Crippen molar-refractivity contribution in [2.75, 3.05) is 6.61 Å². The fourth-order valence-corrected chi connectivity index (χ4v) is 2.55. The molecule has 0 radical (unpaired) electrons. The molecular weight excluding hydrogens is 227 g/mol. The second-order valence-corrected chi connectivity index (χ2v) is 4.57. The van der Waals surface area contributed by atoms with Crippen LogP contribution in [0, 0.1) is 5.92 Å². The van der Waals surface area contributed by atoms with E-state index < -0.39 is 0 Å². The Balaban J connectivity index is 2.23. The van der Waals surface area contributed by atoms with Crippen LogP contribution >= 0.6 is 22.6 Å². The summed E-state index contributed by atoms with van der Waals surface area (Å²) in [5, 5.41) is 8.81. The summed E-state index contributed by atoms with van der Waals surface area (Å²) in [4.78, 5) is 0. The van der Waals surface area contributed by atoms with Crippen LogP contribution in [0.3, 0.4) is 0 Å². The Bertz CT molecular complexity index is 85.0. The van der Waals surface area contributed by atoms with Gasteiger partial charge in [0.25, 0.3) is 0 Å². The van der Waals surface area contributed by atoms with Gasteiger partial charge >= 0.3 is 0 Å². The third-order valence-electron chi connectivity index (χ3n) is 1.98. The lowest BCUT2D eigenvalue weighted by molar-refractivity contribution is 0.194. The normalized spacial score (nSPS) is 36.7. The molecule has 0 amide bonds. The number of aliphatic hydroxyl groups is 1. The van der Waals surface area contributed by atoms with Crippen LogP contribution in [0.15, 0.2) is 0 Å². The van der Waals surface area contributed by atoms with Gasteiger partial charge in [-0.2, -0.15) is 0 Å². The summed E-state index contributed by atoms with van der Waals surface area (Å²) < 4.78 is 0.827. The molecule has 1 fully saturated rings. The van der Waals surface area contributed by atoms with Crippen molar-refractivity contribution in [3.63, 3.8) is 0 Å². The Kier molecular flexibility index (Phi) is 3.26. The van der Waals surface area contributed by atoms with Gasteiger partial charge in [-0.15, -0.1) is 0 Å². The van der Waals surface area contributed by atoms with E-state index in [2.05, 4.69) is 22.6 Å². The summed E-state index contributed by atoms with van der Waals surface area (Å²) in [5.74, 6) is 0.612. The number of alkyl halides is 1. The molecule has 0 heterocycles. The molecular formula is C7H13IO. The lowest BCUT2D eigenvalue weighted by Crippen LogP contribution is -2.17. The fraction of sp³-hybridized carbons (Fsp3) is 1.00. The molecule has 0 aromatic carbocycles. The maximum absolute atomic E-state index is 8.81. The first-order valence-electron chi connectivity index (χ1n) is 3.58. The average molecular weight is 240 g/mol. The number of hydrogen-bond acceptors (Lipinski definition) is 1. The molecule has 2 unspecified atom stereocenters. The molecule has 1 nitrogen and oxygen atoms in total. The molecule has 9 heavy (non-hydrogen) atoms. The summed E-state index contributed by atoms with van der Waals surface area (Å²) in [6.45, 7) is 0.402. The van der Waals surface area contributed by atoms with Gasteiger partial charge in [0.05, 0.1) is 0 Å². The Morgan fingerprint density at radius 3 is 2.67 bits per heavy atom. The molecule has 0 aliphatic heterocycles. The minimum Gasteiger partial charge on any atom is -0.396 e. The van der Waals surface area contributed by atoms with Crippen molar-refractivity contribution in [1.82, 2.24) is 0 Å². The molecule has 1 N–H and O–H groups in total. The first-order valence-corrected chi connectivity index (χ1v) is 4.82. The number of rotatable bonds is 1. The zero-order chi connectivity index (χ0) is 6.69. The van der Waals surface area contributed by atoms with Crippen molar-refractivity contribution >= 4 is 22.6 Å². The van der Waals surface area contributed by atoms with E-state index in [9.17, 15) is 0 Å². The summed E-state index contributed by atoms with van der Waals surface area (Å²) in [6.07, 6.45) is 5.16. The molecule has 54 valence electrons. The van der Waals surface area contributed by atoms with Crippen molar-refractivity contribution in [3.8, 4) is 0 Å². The van der Waals surface area contributed by atoms with Gasteiger partial charge in [0.15, 0.2) is 0 Å². The Labute approximate surface area is 70.0 Å². The molecule has 0 saturated heterocycles. The predicted molar refractivity (Wildman–Crippen MR) is 46.9 cm³/mol. The van der Waals surface area contributed by atoms with Gasteiger partial charge in [0.1, 0.15) is 0 Å². The van der Waals surface area contributed by atoms with Crippen LogP contribution in [-0.4, -0.2) is 15.6 Å². The summed E-state index contributed by atoms with van der Waals surface area (Å²) in [6, 6.07) is 0. The van der Waals surface area contributed by atoms with Gasteiger partial charge in [-0.1, -0.05) is 29.0 Å². The van der Waals surface area contributed by atoms with Crippen molar-refractivity contribution in [1.29, 1.82) is 0 Å². The summed E-state index contributed by atoms with van der Waals surface area (Å²) >= 11 is 2.48. The van der Waals surface area contributed by atoms with Crippen molar-refractivity contribution < 1.29 is 5.11 Å². The van der Waals surface area contributed by atoms with E-state index >= 15 is 0 Å². The van der Waals surface area contributed by atoms with Gasteiger partial charge in [-0.25, -0.2) is 0 Å². The highest BCUT2D eigenvalue weighted by Gasteiger charge is 2.18. The number of halogens is 1. The van der Waals surface area contributed by atoms with Crippen molar-refractivity contribution in [2.45, 2.75) is 29.6 Å². The molecule has 0 aromatic rings. The molecule has 2 atom stereocenters. The SMILES string of the molecule is OCC1CCCC(I)C1. The molecule has 0 spiro atoms. The van der Waals surface area contributed by atoms with Crippen molar-refractivity contribution in [3.05, 3.63) is 0 Å². The van der Waals surface area contributed by atoms with E-state index in [4.69, 9.17) is 5.11 Å². The smallest absolute Gasteiger partial charge is 0.0459 e. The number of hydrogen-bond donors (Lipinski definition) is 1. The molecule has 1 aliphatic rings. The fourth-order valence-electron chi connectivity index (χ4n) is 1.39. The van der Waals surface area contributed by atoms with Gasteiger partial charge in [-0.05, 0) is 25.2 Å². The lowest BCUT2D eigenvalue weighted by Gasteiger charge is -2.23. The molecule has 2 heteroatoms. The van der Waals surface area contributed by atoms with E-state index in [1.165, 1.54) is 25.7 Å². The van der Waals surface area contributed by atoms with Crippen molar-refractivity contribution in [2.24, 2.45) is 5.92 Å². The molecule has 0 bridgehead atoms. The van der Waals surface area contributed by atoms with Crippen LogP contribution in [0.5, 0.6) is 0 Å². The molecule has 0 aromatic heterocycles. The van der Waals surface area contributed by atoms with Crippen LogP contribution < -0.4 is 0 Å². The average Bonchev–Trinajstić information content (AvgIpc) is 1.88. The maximum atomic E-state index is 8.81. The zero-order valence-electron chi connectivity index (χ0n) is 5.52. The number of aliphatic hydroxyl groups excluding tert-OH is 1. The third-order valence-corrected chi connectivity index (χ3v) is 3.11. The van der Waals surface area contributed by atoms with E-state index in [-0.39, 0.29) is 0 Å². The molecule has 1 rings (SSSR count). The monoisotopic (exact) mass is 240 g/mol. The van der Waals surface area contributed by atoms with E-state index in [0.29, 0.717) is 12.5 Å². The summed E-state index contributed by atoms with van der Waals surface area (Å²) in [5.41, 5.74) is 0. The van der Waals surface area contributed by atoms with E-state index in [1.807, 2.05) is 0 Å². The predicted octanol–water partition coefficient (Wildman–Crippen LogP) is 1.97. The maximum Gasteiger partial charge on any atom is 0.0459 e. The highest BCUT2D eigenvalue weighted by atomic mass is 127. The minimum absolute atomic E-state index is 0.402. The van der Waals surface area contributed by atoms with Crippen LogP contribution in [0.4, 0.5) is 0 Å². The van der Waals surface area contributed by atoms with Crippen LogP contribution in [0.1, 0.15) is 25.7 Å². The summed E-state index contributed by atoms with van der Waals surface area (Å²) in [7, 11) is 0. The van der Waals surface area contributed by atoms with E-state index in [1.54, 1.807) is 0 Å². The molecule has 1 aliphatic carbocycles. The standard InChI is InChI=1S/C7H13IO/c8-7-3-1-2-6(4-7)5-9/h6-7,9H,1-5H2. The third kappa shape index (κ3) is 2.42. The van der Waals surface area contributed by atoms with Crippen LogP contribution in [0.25, 0.3) is 0 Å².